The van der Waals surface area contributed by atoms with Gasteiger partial charge in [-0.15, -0.1) is 11.8 Å². The van der Waals surface area contributed by atoms with Crippen LogP contribution < -0.4 is 5.32 Å². The lowest BCUT2D eigenvalue weighted by atomic mass is 10.3. The van der Waals surface area contributed by atoms with Gasteiger partial charge >= 0.3 is 0 Å². The number of halogens is 1. The molecule has 1 amide bonds. The zero-order valence-corrected chi connectivity index (χ0v) is 13.8. The van der Waals surface area contributed by atoms with Crippen molar-refractivity contribution in [1.82, 2.24) is 20.1 Å². The first kappa shape index (κ1) is 16.7. The first-order valence-corrected chi connectivity index (χ1v) is 8.21. The molecule has 1 heterocycles. The maximum Gasteiger partial charge on any atom is 0.220 e. The van der Waals surface area contributed by atoms with Gasteiger partial charge in [-0.05, 0) is 24.4 Å². The third-order valence-electron chi connectivity index (χ3n) is 3.07. The number of carbonyl (C=O) groups is 1. The Morgan fingerprint density at radius 3 is 2.95 bits per heavy atom. The van der Waals surface area contributed by atoms with E-state index < -0.39 is 0 Å². The third-order valence-corrected chi connectivity index (χ3v) is 4.48. The Hall–Kier alpha value is -1.67. The molecule has 0 aliphatic rings. The largest absolute Gasteiger partial charge is 0.356 e. The van der Waals surface area contributed by atoms with E-state index in [1.165, 1.54) is 17.8 Å². The van der Waals surface area contributed by atoms with Gasteiger partial charge in [0.25, 0.3) is 0 Å². The molecule has 0 saturated heterocycles. The fraction of sp³-hybridized carbons (Fsp3) is 0.357. The zero-order valence-electron chi connectivity index (χ0n) is 12.1. The monoisotopic (exact) mass is 340 g/mol. The third kappa shape index (κ3) is 4.67. The lowest BCUT2D eigenvalue weighted by Crippen LogP contribution is -2.26. The van der Waals surface area contributed by atoms with E-state index in [1.54, 1.807) is 22.8 Å². The van der Waals surface area contributed by atoms with Crippen LogP contribution in [-0.2, 0) is 18.3 Å². The molecule has 0 bridgehead atoms. The van der Waals surface area contributed by atoms with Gasteiger partial charge in [0.2, 0.25) is 5.91 Å². The van der Waals surface area contributed by atoms with Crippen molar-refractivity contribution < 1.29 is 9.18 Å². The molecule has 0 aliphatic heterocycles. The van der Waals surface area contributed by atoms with Crippen LogP contribution in [-0.4, -0.2) is 33.0 Å². The average molecular weight is 340 g/mol. The van der Waals surface area contributed by atoms with Gasteiger partial charge in [-0.1, -0.05) is 12.1 Å². The predicted octanol–water partition coefficient (Wildman–Crippen LogP) is 2.46. The van der Waals surface area contributed by atoms with E-state index in [4.69, 9.17) is 12.2 Å². The average Bonchev–Trinajstić information content (AvgIpc) is 2.81. The number of hydrogen-bond acceptors (Lipinski definition) is 4. The number of aromatic nitrogens is 3. The van der Waals surface area contributed by atoms with Crippen molar-refractivity contribution in [2.75, 3.05) is 12.3 Å². The van der Waals surface area contributed by atoms with E-state index in [0.717, 1.165) is 5.82 Å². The molecule has 0 unspecified atom stereocenters. The van der Waals surface area contributed by atoms with Crippen LogP contribution in [0.3, 0.4) is 0 Å². The Morgan fingerprint density at radius 1 is 1.50 bits per heavy atom. The Bertz CT molecular complexity index is 698. The van der Waals surface area contributed by atoms with Gasteiger partial charge < -0.3 is 9.88 Å². The van der Waals surface area contributed by atoms with Crippen molar-refractivity contribution in [3.8, 4) is 0 Å². The quantitative estimate of drug-likeness (QED) is 0.600. The summed E-state index contributed by atoms with van der Waals surface area (Å²) < 4.78 is 15.7. The van der Waals surface area contributed by atoms with Gasteiger partial charge in [-0.3, -0.25) is 9.89 Å². The van der Waals surface area contributed by atoms with E-state index in [9.17, 15) is 9.18 Å². The summed E-state index contributed by atoms with van der Waals surface area (Å²) in [6.45, 7) is 0.497. The normalized spacial score (nSPS) is 10.6. The highest BCUT2D eigenvalue weighted by Gasteiger charge is 2.06. The number of amides is 1. The van der Waals surface area contributed by atoms with E-state index in [2.05, 4.69) is 15.5 Å². The number of carbonyl (C=O) groups excluding carboxylic acids is 1. The lowest BCUT2D eigenvalue weighted by Gasteiger charge is -2.05. The topological polar surface area (TPSA) is 62.7 Å². The molecular weight excluding hydrogens is 323 g/mol. The number of H-pyrrole nitrogens is 1. The molecule has 0 atom stereocenters. The van der Waals surface area contributed by atoms with Gasteiger partial charge in [0.1, 0.15) is 11.6 Å². The van der Waals surface area contributed by atoms with E-state index in [-0.39, 0.29) is 11.7 Å². The van der Waals surface area contributed by atoms with Crippen LogP contribution >= 0.6 is 24.0 Å². The Labute approximate surface area is 137 Å². The van der Waals surface area contributed by atoms with Crippen molar-refractivity contribution in [3.05, 3.63) is 40.7 Å². The maximum atomic E-state index is 13.4. The summed E-state index contributed by atoms with van der Waals surface area (Å²) in [5.41, 5.74) is 0. The van der Waals surface area contributed by atoms with Gasteiger partial charge in [0.05, 0.1) is 0 Å². The summed E-state index contributed by atoms with van der Waals surface area (Å²) in [6, 6.07) is 6.56. The van der Waals surface area contributed by atoms with Crippen molar-refractivity contribution in [2.24, 2.45) is 7.05 Å². The SMILES string of the molecule is Cn1c(CCNC(=O)CCSc2ccccc2F)n[nH]c1=S. The molecule has 2 rings (SSSR count). The fourth-order valence-corrected chi connectivity index (χ4v) is 2.86. The number of hydrogen-bond donors (Lipinski definition) is 2. The van der Waals surface area contributed by atoms with Crippen molar-refractivity contribution in [1.29, 1.82) is 0 Å². The zero-order chi connectivity index (χ0) is 15.9. The summed E-state index contributed by atoms with van der Waals surface area (Å²) in [7, 11) is 1.83. The van der Waals surface area contributed by atoms with Crippen molar-refractivity contribution >= 4 is 29.9 Å². The van der Waals surface area contributed by atoms with Crippen LogP contribution in [0.2, 0.25) is 0 Å². The molecular formula is C14H17FN4OS2. The fourth-order valence-electron chi connectivity index (χ4n) is 1.82. The Morgan fingerprint density at radius 2 is 2.27 bits per heavy atom. The number of nitrogens with zero attached hydrogens (tertiary/aromatic N) is 2. The van der Waals surface area contributed by atoms with Gasteiger partial charge in [0.15, 0.2) is 4.77 Å². The second-order valence-corrected chi connectivity index (χ2v) is 6.16. The molecule has 0 fully saturated rings. The predicted molar refractivity (Wildman–Crippen MR) is 86.8 cm³/mol. The molecule has 1 aromatic carbocycles. The number of rotatable bonds is 7. The molecule has 2 N–H and O–H groups in total. The maximum absolute atomic E-state index is 13.4. The van der Waals surface area contributed by atoms with Crippen LogP contribution in [0.15, 0.2) is 29.2 Å². The van der Waals surface area contributed by atoms with Crippen LogP contribution in [0, 0.1) is 10.6 Å². The van der Waals surface area contributed by atoms with Gasteiger partial charge in [0, 0.05) is 37.1 Å². The van der Waals surface area contributed by atoms with Crippen LogP contribution in [0.1, 0.15) is 12.2 Å². The summed E-state index contributed by atoms with van der Waals surface area (Å²) in [5, 5.41) is 9.59. The molecule has 5 nitrogen and oxygen atoms in total. The standard InChI is InChI=1S/C14H17FN4OS2/c1-19-12(17-18-14(19)21)6-8-16-13(20)7-9-22-11-5-3-2-4-10(11)15/h2-5H,6-9H2,1H3,(H,16,20)(H,18,21). The highest BCUT2D eigenvalue weighted by Crippen LogP contribution is 2.21. The lowest BCUT2D eigenvalue weighted by molar-refractivity contribution is -0.120. The van der Waals surface area contributed by atoms with Gasteiger partial charge in [-0.25, -0.2) is 4.39 Å². The van der Waals surface area contributed by atoms with Crippen LogP contribution in [0.5, 0.6) is 0 Å². The van der Waals surface area contributed by atoms with Gasteiger partial charge in [-0.2, -0.15) is 5.10 Å². The smallest absolute Gasteiger partial charge is 0.220 e. The first-order chi connectivity index (χ1) is 10.6. The molecule has 0 aliphatic carbocycles. The first-order valence-electron chi connectivity index (χ1n) is 6.82. The second-order valence-electron chi connectivity index (χ2n) is 4.63. The van der Waals surface area contributed by atoms with E-state index in [1.807, 2.05) is 7.05 Å². The molecule has 8 heteroatoms. The number of benzene rings is 1. The molecule has 22 heavy (non-hydrogen) atoms. The summed E-state index contributed by atoms with van der Waals surface area (Å²) in [4.78, 5) is 12.3. The minimum absolute atomic E-state index is 0.0550. The number of aromatic amines is 1. The Kier molecular flexibility index (Phi) is 6.14. The molecule has 0 spiro atoms. The minimum atomic E-state index is -0.251. The number of nitrogens with one attached hydrogen (secondary N) is 2. The van der Waals surface area contributed by atoms with Crippen molar-refractivity contribution in [2.45, 2.75) is 17.7 Å². The Balaban J connectivity index is 1.67. The molecule has 2 aromatic rings. The van der Waals surface area contributed by atoms with E-state index in [0.29, 0.717) is 34.8 Å². The minimum Gasteiger partial charge on any atom is -0.356 e. The molecule has 118 valence electrons. The van der Waals surface area contributed by atoms with Crippen LogP contribution in [0.25, 0.3) is 0 Å². The number of thioether (sulfide) groups is 1. The summed E-state index contributed by atoms with van der Waals surface area (Å²) in [6.07, 6.45) is 0.952. The summed E-state index contributed by atoms with van der Waals surface area (Å²) in [5.74, 6) is 1.03. The van der Waals surface area contributed by atoms with Crippen LogP contribution in [0.4, 0.5) is 4.39 Å². The highest BCUT2D eigenvalue weighted by molar-refractivity contribution is 7.99. The highest BCUT2D eigenvalue weighted by atomic mass is 32.2. The van der Waals surface area contributed by atoms with E-state index >= 15 is 0 Å². The summed E-state index contributed by atoms with van der Waals surface area (Å²) >= 11 is 6.35. The second kappa shape index (κ2) is 8.09. The molecule has 0 saturated carbocycles. The van der Waals surface area contributed by atoms with Crippen molar-refractivity contribution in [3.63, 3.8) is 0 Å². The molecule has 1 aromatic heterocycles. The molecule has 0 radical (unpaired) electrons.